The zero-order chi connectivity index (χ0) is 49.4. The van der Waals surface area contributed by atoms with Crippen molar-refractivity contribution in [3.63, 3.8) is 0 Å². The largest absolute Gasteiger partial charge is 0.466 e. The molecule has 3 aliphatic rings. The van der Waals surface area contributed by atoms with Crippen molar-refractivity contribution in [3.05, 3.63) is 0 Å². The van der Waals surface area contributed by atoms with Crippen LogP contribution in [0.15, 0.2) is 0 Å². The Morgan fingerprint density at radius 3 is 1.20 bits per heavy atom. The average Bonchev–Trinajstić information content (AvgIpc) is 3.92. The van der Waals surface area contributed by atoms with E-state index in [1.807, 2.05) is 0 Å². The van der Waals surface area contributed by atoms with Crippen LogP contribution in [-0.2, 0) is 107 Å². The van der Waals surface area contributed by atoms with Crippen LogP contribution < -0.4 is 0 Å². The molecule has 3 saturated heterocycles. The molecule has 0 spiro atoms. The van der Waals surface area contributed by atoms with E-state index in [0.717, 1.165) is 89.9 Å². The van der Waals surface area contributed by atoms with Crippen LogP contribution in [0.2, 0.25) is 0 Å². The highest BCUT2D eigenvalue weighted by molar-refractivity contribution is 8.07. The molecule has 0 aromatic rings. The summed E-state index contributed by atoms with van der Waals surface area (Å²) in [4.78, 5) is 129. The first-order valence-corrected chi connectivity index (χ1v) is 24.3. The number of esters is 1. The highest BCUT2D eigenvalue weighted by Gasteiger charge is 2.35. The molecule has 0 atom stereocenters. The minimum Gasteiger partial charge on any atom is -0.466 e. The second kappa shape index (κ2) is 41.2. The van der Waals surface area contributed by atoms with E-state index in [1.165, 1.54) is 12.8 Å². The van der Waals surface area contributed by atoms with Gasteiger partial charge in [0, 0.05) is 79.9 Å². The highest BCUT2D eigenvalue weighted by Crippen LogP contribution is 2.22. The van der Waals surface area contributed by atoms with Crippen LogP contribution >= 0.6 is 0 Å². The number of hydrogen-bond acceptors (Lipinski definition) is 19. The third-order valence-corrected chi connectivity index (χ3v) is 9.62. The van der Waals surface area contributed by atoms with Gasteiger partial charge in [-0.3, -0.25) is 33.6 Å². The second-order valence-electron chi connectivity index (χ2n) is 15.0. The fourth-order valence-electron chi connectivity index (χ4n) is 5.97. The summed E-state index contributed by atoms with van der Waals surface area (Å²) in [6.07, 6.45) is 16.6. The van der Waals surface area contributed by atoms with Crippen LogP contribution in [0.5, 0.6) is 0 Å². The van der Waals surface area contributed by atoms with Crippen LogP contribution in [-0.4, -0.2) is 94.3 Å². The predicted molar refractivity (Wildman–Crippen MR) is 242 cm³/mol. The maximum Gasteiger partial charge on any atom is 0.336 e. The number of nitrogens with one attached hydrogen (secondary N) is 1. The van der Waals surface area contributed by atoms with Gasteiger partial charge >= 0.3 is 23.9 Å². The summed E-state index contributed by atoms with van der Waals surface area (Å²) >= 11 is 10.7. The van der Waals surface area contributed by atoms with E-state index in [4.69, 9.17) is 23.9 Å². The molecule has 3 fully saturated rings. The third-order valence-electron chi connectivity index (χ3n) is 9.62. The molecule has 3 rings (SSSR count). The summed E-state index contributed by atoms with van der Waals surface area (Å²) < 4.78 is 15.6. The Hall–Kier alpha value is -4.28. The van der Waals surface area contributed by atoms with Crippen molar-refractivity contribution in [2.24, 2.45) is 5.92 Å². The highest BCUT2D eigenvalue weighted by atomic mass is 32.8. The lowest BCUT2D eigenvalue weighted by atomic mass is 9.95. The zero-order valence-corrected chi connectivity index (χ0v) is 41.0. The number of rotatable bonds is 28. The lowest BCUT2D eigenvalue weighted by Gasteiger charge is -2.19. The maximum absolute atomic E-state index is 12.2. The summed E-state index contributed by atoms with van der Waals surface area (Å²) in [5.74, 6) is -5.32. The van der Waals surface area contributed by atoms with Crippen molar-refractivity contribution in [2.45, 2.75) is 188 Å². The van der Waals surface area contributed by atoms with E-state index in [9.17, 15) is 47.9 Å². The van der Waals surface area contributed by atoms with Gasteiger partial charge < -0.3 is 24.0 Å². The number of hydroxylamine groups is 6. The van der Waals surface area contributed by atoms with Crippen LogP contribution in [0.4, 0.5) is 0 Å². The minimum atomic E-state index is -0.790. The Labute approximate surface area is 398 Å². The minimum absolute atomic E-state index is 0.0465. The smallest absolute Gasteiger partial charge is 0.336 e. The van der Waals surface area contributed by atoms with Gasteiger partial charge in [0.2, 0.25) is 0 Å². The first-order chi connectivity index (χ1) is 31.3. The number of amides is 6. The van der Waals surface area contributed by atoms with Crippen LogP contribution in [0.3, 0.4) is 0 Å². The van der Waals surface area contributed by atoms with Gasteiger partial charge in [0.1, 0.15) is 0 Å². The molecular formula is C43H70N4O15S3. The number of ether oxygens (including phenoxy) is 2. The Balaban J connectivity index is 0. The summed E-state index contributed by atoms with van der Waals surface area (Å²) in [5, 5.41) is 1.69. The molecule has 65 heavy (non-hydrogen) atoms. The van der Waals surface area contributed by atoms with Crippen molar-refractivity contribution >= 4 is 94.1 Å². The monoisotopic (exact) mass is 978 g/mol. The molecule has 1 N–H and O–H groups in total. The standard InChI is InChI=1S/C16H27NO4.C14H21NO6.C13H21NO5.HNS.S2/c1-3-5-7-9-13(10-8-6-4-2)16(20)21-17-14(18)11-12-15(17)19;1-2-3-4-5-10-20-13(18)8-9-14(19)21-15-11(16)6-7-12(15)17;1-2-3-4-5-9-18-10-8-13(17)19-14-11(15)6-7-12(14)16;2*1-2/h13H,3-12H2,1-2H3;2-10H2,1H3;2-10H2,1H3;1H;. The van der Waals surface area contributed by atoms with E-state index in [1.54, 1.807) is 0 Å². The lowest BCUT2D eigenvalue weighted by Crippen LogP contribution is -2.34. The first kappa shape index (κ1) is 62.8. The predicted octanol–water partition coefficient (Wildman–Crippen LogP) is 6.74. The molecule has 3 aliphatic heterocycles. The number of nitrogens with zero attached hydrogens (tertiary/aromatic N) is 3. The Kier molecular flexibility index (Phi) is 39.8. The van der Waals surface area contributed by atoms with E-state index < -0.39 is 59.3 Å². The molecule has 0 aromatic heterocycles. The van der Waals surface area contributed by atoms with Crippen molar-refractivity contribution < 1.29 is 71.9 Å². The zero-order valence-electron chi connectivity index (χ0n) is 38.6. The Morgan fingerprint density at radius 1 is 0.462 bits per heavy atom. The molecule has 6 amide bonds. The van der Waals surface area contributed by atoms with Gasteiger partial charge in [0.15, 0.2) is 0 Å². The number of carbonyl (C=O) groups is 10. The van der Waals surface area contributed by atoms with Crippen molar-refractivity contribution in [1.82, 2.24) is 15.2 Å². The average molecular weight is 979 g/mol. The van der Waals surface area contributed by atoms with Gasteiger partial charge in [-0.25, -0.2) is 19.2 Å². The van der Waals surface area contributed by atoms with Crippen LogP contribution in [0.25, 0.3) is 0 Å². The van der Waals surface area contributed by atoms with Crippen molar-refractivity contribution in [1.29, 1.82) is 4.78 Å². The van der Waals surface area contributed by atoms with Gasteiger partial charge in [0.25, 0.3) is 35.4 Å². The van der Waals surface area contributed by atoms with E-state index in [0.29, 0.717) is 28.4 Å². The summed E-state index contributed by atoms with van der Waals surface area (Å²) in [6, 6.07) is 0. The Morgan fingerprint density at radius 2 is 0.800 bits per heavy atom. The van der Waals surface area contributed by atoms with Gasteiger partial charge in [-0.1, -0.05) is 105 Å². The normalized spacial score (nSPS) is 14.1. The van der Waals surface area contributed by atoms with E-state index >= 15 is 0 Å². The number of carbonyl (C=O) groups excluding carboxylic acids is 10. The molecule has 22 heteroatoms. The fourth-order valence-corrected chi connectivity index (χ4v) is 5.97. The number of unbranched alkanes of at least 4 members (excludes halogenated alkanes) is 10. The summed E-state index contributed by atoms with van der Waals surface area (Å²) in [5.41, 5.74) is 0. The van der Waals surface area contributed by atoms with Gasteiger partial charge in [-0.05, 0) is 25.7 Å². The van der Waals surface area contributed by atoms with Gasteiger partial charge in [-0.2, -0.15) is 0 Å². The fraction of sp³-hybridized carbons (Fsp3) is 0.767. The lowest BCUT2D eigenvalue weighted by molar-refractivity contribution is -0.201. The molecule has 370 valence electrons. The van der Waals surface area contributed by atoms with E-state index in [2.05, 4.69) is 67.3 Å². The maximum atomic E-state index is 12.2. The van der Waals surface area contributed by atoms with E-state index in [-0.39, 0.29) is 70.3 Å². The SMILES string of the molecule is CCCCCC(CCCCC)C(=O)ON1C(=O)CCC1=O.CCCCCCOC(=O)CCC(=O)ON1C(=O)CCC1=O.CCCCCCOCCC(=O)ON1C(=O)CCC1=O.N=S.S=S. The molecular weight excluding hydrogens is 909 g/mol. The van der Waals surface area contributed by atoms with Gasteiger partial charge in [0.05, 0.1) is 38.4 Å². The quantitative estimate of drug-likeness (QED) is 0.0484. The molecule has 19 nitrogen and oxygen atoms in total. The molecule has 0 bridgehead atoms. The molecule has 0 aromatic carbocycles. The van der Waals surface area contributed by atoms with Gasteiger partial charge in [-0.15, -0.1) is 15.2 Å². The number of imide groups is 3. The summed E-state index contributed by atoms with van der Waals surface area (Å²) in [6.45, 7) is 9.68. The summed E-state index contributed by atoms with van der Waals surface area (Å²) in [7, 11) is 0. The van der Waals surface area contributed by atoms with Crippen LogP contribution in [0, 0.1) is 10.7 Å². The topological polar surface area (TPSA) is 250 Å². The molecule has 0 aliphatic carbocycles. The Bertz CT molecular complexity index is 1430. The van der Waals surface area contributed by atoms with Crippen molar-refractivity contribution in [3.8, 4) is 0 Å². The molecule has 3 heterocycles. The van der Waals surface area contributed by atoms with Crippen molar-refractivity contribution in [2.75, 3.05) is 19.8 Å². The molecule has 0 saturated carbocycles. The first-order valence-electron chi connectivity index (χ1n) is 22.6. The van der Waals surface area contributed by atoms with Crippen LogP contribution in [0.1, 0.15) is 188 Å². The third kappa shape index (κ3) is 29.8. The molecule has 0 unspecified atom stereocenters. The second-order valence-corrected chi connectivity index (χ2v) is 15.0. The molecule has 0 radical (unpaired) electrons. The number of hydrogen-bond donors (Lipinski definition) is 1.